The van der Waals surface area contributed by atoms with Gasteiger partial charge in [-0.2, -0.15) is 0 Å². The molecule has 3 aromatic rings. The maximum absolute atomic E-state index is 12.1. The quantitative estimate of drug-likeness (QED) is 0.437. The van der Waals surface area contributed by atoms with E-state index in [1.54, 1.807) is 0 Å². The minimum Gasteiger partial charge on any atom is -0.494 e. The van der Waals surface area contributed by atoms with Crippen LogP contribution in [0.5, 0.6) is 11.5 Å². The third kappa shape index (κ3) is 3.57. The zero-order valence-corrected chi connectivity index (χ0v) is 17.5. The molecular weight excluding hydrogens is 366 g/mol. The highest BCUT2D eigenvalue weighted by atomic mass is 16.5. The third-order valence-electron chi connectivity index (χ3n) is 5.70. The molecule has 0 saturated heterocycles. The molecule has 0 saturated carbocycles. The summed E-state index contributed by atoms with van der Waals surface area (Å²) in [6, 6.07) is 10.2. The van der Waals surface area contributed by atoms with Gasteiger partial charge in [0.05, 0.1) is 6.61 Å². The van der Waals surface area contributed by atoms with Crippen LogP contribution in [0, 0.1) is 20.8 Å². The van der Waals surface area contributed by atoms with Crippen molar-refractivity contribution in [1.29, 1.82) is 0 Å². The number of fused-ring (bicyclic) bond motifs is 2. The van der Waals surface area contributed by atoms with Crippen LogP contribution in [0.1, 0.15) is 42.0 Å². The summed E-state index contributed by atoms with van der Waals surface area (Å²) in [5.41, 5.74) is 5.04. The summed E-state index contributed by atoms with van der Waals surface area (Å²) >= 11 is 0. The zero-order chi connectivity index (χ0) is 20.5. The predicted octanol–water partition coefficient (Wildman–Crippen LogP) is 5.25. The first-order chi connectivity index (χ1) is 14.0. The Labute approximate surface area is 170 Å². The summed E-state index contributed by atoms with van der Waals surface area (Å²) in [5.74, 6) is 1.71. The lowest BCUT2D eigenvalue weighted by atomic mass is 9.99. The first-order valence-electron chi connectivity index (χ1n) is 10.2. The third-order valence-corrected chi connectivity index (χ3v) is 5.70. The molecule has 0 bridgehead atoms. The molecule has 0 radical (unpaired) electrons. The molecule has 4 rings (SSSR count). The number of rotatable bonds is 5. The molecule has 5 nitrogen and oxygen atoms in total. The summed E-state index contributed by atoms with van der Waals surface area (Å²) < 4.78 is 17.4. The van der Waals surface area contributed by atoms with E-state index in [9.17, 15) is 4.79 Å². The molecule has 0 unspecified atom stereocenters. The van der Waals surface area contributed by atoms with Crippen LogP contribution in [0.4, 0.5) is 5.69 Å². The molecule has 0 N–H and O–H groups in total. The summed E-state index contributed by atoms with van der Waals surface area (Å²) in [7, 11) is 0. The maximum Gasteiger partial charge on any atom is 0.339 e. The van der Waals surface area contributed by atoms with Gasteiger partial charge in [0, 0.05) is 34.3 Å². The Balaban J connectivity index is 1.63. The molecule has 2 aromatic carbocycles. The molecule has 0 fully saturated rings. The molecule has 0 amide bonds. The monoisotopic (exact) mass is 393 g/mol. The van der Waals surface area contributed by atoms with Crippen molar-refractivity contribution in [2.75, 3.05) is 18.2 Å². The summed E-state index contributed by atoms with van der Waals surface area (Å²) in [6.07, 6.45) is 2.18. The van der Waals surface area contributed by atoms with E-state index in [0.29, 0.717) is 17.9 Å². The SMILES string of the molecule is CCCCOc1ccc(N2COc3c(cc4c(C)c(C)c(=O)oc4c3C)C2)cc1. The Morgan fingerprint density at radius 2 is 1.83 bits per heavy atom. The van der Waals surface area contributed by atoms with Crippen molar-refractivity contribution in [2.24, 2.45) is 0 Å². The molecule has 2 heterocycles. The van der Waals surface area contributed by atoms with E-state index in [4.69, 9.17) is 13.9 Å². The van der Waals surface area contributed by atoms with Gasteiger partial charge in [-0.25, -0.2) is 4.79 Å². The van der Waals surface area contributed by atoms with E-state index in [2.05, 4.69) is 30.0 Å². The first kappa shape index (κ1) is 19.4. The number of nitrogens with zero attached hydrogens (tertiary/aromatic N) is 1. The van der Waals surface area contributed by atoms with Gasteiger partial charge in [-0.1, -0.05) is 13.3 Å². The fourth-order valence-electron chi connectivity index (χ4n) is 3.75. The van der Waals surface area contributed by atoms with Crippen LogP contribution in [0.25, 0.3) is 11.0 Å². The van der Waals surface area contributed by atoms with Crippen molar-refractivity contribution >= 4 is 16.7 Å². The minimum atomic E-state index is -0.281. The lowest BCUT2D eigenvalue weighted by molar-refractivity contribution is 0.287. The number of benzene rings is 2. The molecule has 1 aliphatic rings. The van der Waals surface area contributed by atoms with Gasteiger partial charge in [0.1, 0.15) is 17.1 Å². The molecule has 1 aromatic heterocycles. The largest absolute Gasteiger partial charge is 0.494 e. The highest BCUT2D eigenvalue weighted by molar-refractivity contribution is 5.87. The number of hydrogen-bond donors (Lipinski definition) is 0. The first-order valence-corrected chi connectivity index (χ1v) is 10.2. The van der Waals surface area contributed by atoms with Gasteiger partial charge < -0.3 is 18.8 Å². The average Bonchev–Trinajstić information content (AvgIpc) is 2.74. The molecule has 0 aliphatic carbocycles. The van der Waals surface area contributed by atoms with Gasteiger partial charge in [0.25, 0.3) is 0 Å². The molecule has 0 atom stereocenters. The van der Waals surface area contributed by atoms with Crippen LogP contribution in [-0.2, 0) is 6.54 Å². The van der Waals surface area contributed by atoms with E-state index in [1.807, 2.05) is 32.9 Å². The highest BCUT2D eigenvalue weighted by Gasteiger charge is 2.23. The summed E-state index contributed by atoms with van der Waals surface area (Å²) in [4.78, 5) is 14.3. The predicted molar refractivity (Wildman–Crippen MR) is 115 cm³/mol. The summed E-state index contributed by atoms with van der Waals surface area (Å²) in [5, 5.41) is 0.975. The highest BCUT2D eigenvalue weighted by Crippen LogP contribution is 2.37. The van der Waals surface area contributed by atoms with E-state index in [0.717, 1.165) is 65.3 Å². The van der Waals surface area contributed by atoms with Crippen LogP contribution >= 0.6 is 0 Å². The van der Waals surface area contributed by atoms with Gasteiger partial charge >= 0.3 is 5.63 Å². The van der Waals surface area contributed by atoms with Crippen molar-refractivity contribution in [1.82, 2.24) is 0 Å². The van der Waals surface area contributed by atoms with Crippen molar-refractivity contribution in [3.63, 3.8) is 0 Å². The van der Waals surface area contributed by atoms with Crippen molar-refractivity contribution < 1.29 is 13.9 Å². The van der Waals surface area contributed by atoms with Gasteiger partial charge in [-0.05, 0) is 63.1 Å². The van der Waals surface area contributed by atoms with Crippen LogP contribution in [0.3, 0.4) is 0 Å². The summed E-state index contributed by atoms with van der Waals surface area (Å²) in [6.45, 7) is 9.82. The van der Waals surface area contributed by atoms with Gasteiger partial charge in [0.2, 0.25) is 0 Å². The molecule has 29 heavy (non-hydrogen) atoms. The molecule has 152 valence electrons. The number of ether oxygens (including phenoxy) is 2. The molecule has 0 spiro atoms. The Morgan fingerprint density at radius 3 is 2.55 bits per heavy atom. The van der Waals surface area contributed by atoms with E-state index in [1.165, 1.54) is 0 Å². The Bertz CT molecular complexity index is 1100. The lowest BCUT2D eigenvalue weighted by Crippen LogP contribution is -2.32. The van der Waals surface area contributed by atoms with Crippen LogP contribution in [-0.4, -0.2) is 13.3 Å². The van der Waals surface area contributed by atoms with E-state index >= 15 is 0 Å². The molecular formula is C24H27NO4. The van der Waals surface area contributed by atoms with Crippen LogP contribution in [0.2, 0.25) is 0 Å². The average molecular weight is 393 g/mol. The zero-order valence-electron chi connectivity index (χ0n) is 17.5. The number of anilines is 1. The maximum atomic E-state index is 12.1. The van der Waals surface area contributed by atoms with Gasteiger partial charge in [0.15, 0.2) is 6.73 Å². The standard InChI is InChI=1S/C24H27NO4/c1-5-6-11-27-20-9-7-19(8-10-20)25-13-18-12-21-15(2)16(3)24(26)29-23(21)17(4)22(18)28-14-25/h7-10,12H,5-6,11,13-14H2,1-4H3. The van der Waals surface area contributed by atoms with Crippen molar-refractivity contribution in [2.45, 2.75) is 47.1 Å². The van der Waals surface area contributed by atoms with Crippen molar-refractivity contribution in [3.8, 4) is 11.5 Å². The van der Waals surface area contributed by atoms with E-state index in [-0.39, 0.29) is 5.63 Å². The Morgan fingerprint density at radius 1 is 1.07 bits per heavy atom. The van der Waals surface area contributed by atoms with E-state index < -0.39 is 0 Å². The number of unbranched alkanes of at least 4 members (excludes halogenated alkanes) is 1. The van der Waals surface area contributed by atoms with Gasteiger partial charge in [-0.15, -0.1) is 0 Å². The van der Waals surface area contributed by atoms with Crippen LogP contribution < -0.4 is 20.0 Å². The topological polar surface area (TPSA) is 51.9 Å². The van der Waals surface area contributed by atoms with Crippen LogP contribution in [0.15, 0.2) is 39.5 Å². The second-order valence-electron chi connectivity index (χ2n) is 7.67. The Kier molecular flexibility index (Phi) is 5.22. The number of hydrogen-bond acceptors (Lipinski definition) is 5. The number of aryl methyl sites for hydroxylation is 2. The molecule has 1 aliphatic heterocycles. The Hall–Kier alpha value is -2.95. The minimum absolute atomic E-state index is 0.281. The molecule has 5 heteroatoms. The fraction of sp³-hybridized carbons (Fsp3) is 0.375. The normalized spacial score (nSPS) is 13.3. The second-order valence-corrected chi connectivity index (χ2v) is 7.67. The van der Waals surface area contributed by atoms with Gasteiger partial charge in [-0.3, -0.25) is 0 Å². The smallest absolute Gasteiger partial charge is 0.339 e. The van der Waals surface area contributed by atoms with Crippen molar-refractivity contribution in [3.05, 3.63) is 63.0 Å². The second kappa shape index (κ2) is 7.82. The lowest BCUT2D eigenvalue weighted by Gasteiger charge is -2.32. The fourth-order valence-corrected chi connectivity index (χ4v) is 3.75.